The number of nitrogens with one attached hydrogen (secondary N) is 1. The van der Waals surface area contributed by atoms with Crippen molar-refractivity contribution in [1.29, 1.82) is 0 Å². The van der Waals surface area contributed by atoms with Crippen molar-refractivity contribution in [2.45, 2.75) is 50.2 Å². The lowest BCUT2D eigenvalue weighted by atomic mass is 9.57. The zero-order valence-electron chi connectivity index (χ0n) is 18.3. The number of fused-ring (bicyclic) bond motifs is 1. The summed E-state index contributed by atoms with van der Waals surface area (Å²) in [6.45, 7) is 6.19. The quantitative estimate of drug-likeness (QED) is 0.744. The van der Waals surface area contributed by atoms with Crippen molar-refractivity contribution in [1.82, 2.24) is 20.1 Å². The third kappa shape index (κ3) is 3.80. The van der Waals surface area contributed by atoms with E-state index in [1.807, 2.05) is 4.90 Å². The lowest BCUT2D eigenvalue weighted by Crippen LogP contribution is -2.59. The topological polar surface area (TPSA) is 65.5 Å². The van der Waals surface area contributed by atoms with Crippen molar-refractivity contribution in [2.75, 3.05) is 19.6 Å². The predicted molar refractivity (Wildman–Crippen MR) is 122 cm³/mol. The van der Waals surface area contributed by atoms with Crippen molar-refractivity contribution in [3.8, 4) is 0 Å². The Labute approximate surface area is 189 Å². The third-order valence-corrected chi connectivity index (χ3v) is 7.18. The summed E-state index contributed by atoms with van der Waals surface area (Å²) in [5.41, 5.74) is 1.10. The number of carbonyl (C=O) groups is 2. The molecule has 1 saturated carbocycles. The zero-order chi connectivity index (χ0) is 22.6. The van der Waals surface area contributed by atoms with Crippen LogP contribution < -0.4 is 5.32 Å². The molecule has 1 aromatic rings. The highest BCUT2D eigenvalue weighted by atomic mass is 16.2. The van der Waals surface area contributed by atoms with Crippen LogP contribution in [0.25, 0.3) is 0 Å². The first-order valence-corrected chi connectivity index (χ1v) is 11.0. The summed E-state index contributed by atoms with van der Waals surface area (Å²) in [4.78, 5) is 32.4. The molecule has 0 aromatic carbocycles. The summed E-state index contributed by atoms with van der Waals surface area (Å²) < 4.78 is 0. The smallest absolute Gasteiger partial charge is 0.316 e. The molecular weight excluding hydrogens is 384 g/mol. The van der Waals surface area contributed by atoms with Crippen LogP contribution in [0.3, 0.4) is 0 Å². The van der Waals surface area contributed by atoms with Gasteiger partial charge in [0.25, 0.3) is 0 Å². The van der Waals surface area contributed by atoms with Gasteiger partial charge in [0.1, 0.15) is 0 Å². The highest BCUT2D eigenvalue weighted by molar-refractivity contribution is 6.47. The molecule has 1 aromatic heterocycles. The van der Waals surface area contributed by atoms with Crippen LogP contribution in [0.4, 0.5) is 4.79 Å². The van der Waals surface area contributed by atoms with Gasteiger partial charge in [-0.3, -0.25) is 9.78 Å². The lowest BCUT2D eigenvalue weighted by molar-refractivity contribution is -0.133. The molecule has 3 heterocycles. The van der Waals surface area contributed by atoms with E-state index in [1.54, 1.807) is 6.07 Å². The van der Waals surface area contributed by atoms with E-state index in [0.717, 1.165) is 37.3 Å². The Balaban J connectivity index is 1.34. The molecule has 1 aliphatic carbocycles. The van der Waals surface area contributed by atoms with E-state index in [-0.39, 0.29) is 11.3 Å². The maximum absolute atomic E-state index is 13.0. The molecule has 154 valence electrons. The molecule has 2 fully saturated rings. The summed E-state index contributed by atoms with van der Waals surface area (Å²) >= 11 is 0. The molecule has 3 amide bonds. The summed E-state index contributed by atoms with van der Waals surface area (Å²) in [6.07, 6.45) is 6.59. The number of pyridine rings is 1. The standard InChI is InChI=1S/C21H26B4N4O2/c1-13(2)9-17(30)28-7-4-19(5-8-28)10-14(19)11-27-18(31)29-20(22,23)15-3-6-26-12-16(15)21(29,24)25/h3,6,12-14H,4-5,7-11H2,1-2H3,(H,27,31). The Hall–Kier alpha value is -1.85. The van der Waals surface area contributed by atoms with Crippen LogP contribution in [0.1, 0.15) is 50.7 Å². The molecule has 4 rings (SSSR count). The first kappa shape index (κ1) is 22.3. The second kappa shape index (κ2) is 7.63. The van der Waals surface area contributed by atoms with Gasteiger partial charge in [-0.15, -0.1) is 0 Å². The number of carbonyl (C=O) groups excluding carboxylic acids is 2. The summed E-state index contributed by atoms with van der Waals surface area (Å²) in [5, 5.41) is -0.352. The number of likely N-dealkylation sites (tertiary alicyclic amines) is 1. The van der Waals surface area contributed by atoms with E-state index in [0.29, 0.717) is 35.9 Å². The fourth-order valence-corrected chi connectivity index (χ4v) is 5.25. The Morgan fingerprint density at radius 3 is 2.42 bits per heavy atom. The van der Waals surface area contributed by atoms with Crippen LogP contribution in [-0.2, 0) is 15.5 Å². The van der Waals surface area contributed by atoms with Crippen molar-refractivity contribution < 1.29 is 9.59 Å². The second-order valence-electron chi connectivity index (χ2n) is 9.84. The van der Waals surface area contributed by atoms with Crippen LogP contribution >= 0.6 is 0 Å². The van der Waals surface area contributed by atoms with Gasteiger partial charge in [0.2, 0.25) is 5.91 Å². The maximum Gasteiger partial charge on any atom is 0.316 e. The van der Waals surface area contributed by atoms with E-state index >= 15 is 0 Å². The van der Waals surface area contributed by atoms with Crippen LogP contribution in [0.2, 0.25) is 0 Å². The number of nitrogens with zero attached hydrogens (tertiary/aromatic N) is 3. The molecule has 1 spiro atoms. The van der Waals surface area contributed by atoms with Crippen molar-refractivity contribution in [2.24, 2.45) is 17.3 Å². The van der Waals surface area contributed by atoms with E-state index in [1.165, 1.54) is 12.4 Å². The highest BCUT2D eigenvalue weighted by Crippen LogP contribution is 2.59. The minimum Gasteiger partial charge on any atom is -0.343 e. The Kier molecular flexibility index (Phi) is 5.50. The van der Waals surface area contributed by atoms with Crippen LogP contribution in [-0.4, -0.2) is 77.7 Å². The van der Waals surface area contributed by atoms with E-state index < -0.39 is 16.7 Å². The molecule has 31 heavy (non-hydrogen) atoms. The average Bonchev–Trinajstić information content (AvgIpc) is 3.33. The molecule has 1 saturated heterocycles. The number of hydrogen-bond acceptors (Lipinski definition) is 3. The summed E-state index contributed by atoms with van der Waals surface area (Å²) in [6, 6.07) is 1.12. The fraction of sp³-hybridized carbons (Fsp3) is 0.667. The molecule has 8 radical (unpaired) electrons. The number of amides is 3. The Morgan fingerprint density at radius 1 is 1.16 bits per heavy atom. The minimum atomic E-state index is -1.65. The van der Waals surface area contributed by atoms with Crippen molar-refractivity contribution in [3.63, 3.8) is 0 Å². The summed E-state index contributed by atoms with van der Waals surface area (Å²) in [7, 11) is 25.0. The molecule has 1 unspecified atom stereocenters. The maximum atomic E-state index is 13.0. The molecule has 1 atom stereocenters. The second-order valence-corrected chi connectivity index (χ2v) is 9.84. The average molecular weight is 410 g/mol. The Morgan fingerprint density at radius 2 is 1.81 bits per heavy atom. The lowest BCUT2D eigenvalue weighted by Gasteiger charge is -2.43. The van der Waals surface area contributed by atoms with Crippen LogP contribution in [0, 0.1) is 17.3 Å². The normalized spacial score (nSPS) is 24.8. The number of urea groups is 1. The third-order valence-electron chi connectivity index (χ3n) is 7.18. The highest BCUT2D eigenvalue weighted by Gasteiger charge is 2.55. The van der Waals surface area contributed by atoms with Gasteiger partial charge in [-0.25, -0.2) is 4.79 Å². The van der Waals surface area contributed by atoms with Crippen molar-refractivity contribution in [3.05, 3.63) is 29.6 Å². The van der Waals surface area contributed by atoms with Gasteiger partial charge in [-0.1, -0.05) is 13.8 Å². The van der Waals surface area contributed by atoms with Gasteiger partial charge in [0.05, 0.1) is 31.4 Å². The molecule has 2 aliphatic heterocycles. The van der Waals surface area contributed by atoms with Crippen LogP contribution in [0.15, 0.2) is 18.5 Å². The molecule has 6 nitrogen and oxygen atoms in total. The molecule has 10 heteroatoms. The minimum absolute atomic E-state index is 0.199. The van der Waals surface area contributed by atoms with E-state index in [9.17, 15) is 9.59 Å². The van der Waals surface area contributed by atoms with E-state index in [4.69, 9.17) is 31.4 Å². The largest absolute Gasteiger partial charge is 0.343 e. The SMILES string of the molecule is [B]C1([B])c2ccncc2C([B])([B])N1C(=O)NCC1CC12CCN(C(=O)CC(C)C)CC2. The number of aromatic nitrogens is 1. The number of rotatable bonds is 4. The molecule has 0 bridgehead atoms. The number of piperidine rings is 1. The predicted octanol–water partition coefficient (Wildman–Crippen LogP) is 0.676. The van der Waals surface area contributed by atoms with Gasteiger partial charge in [0, 0.05) is 38.4 Å². The van der Waals surface area contributed by atoms with Gasteiger partial charge < -0.3 is 15.1 Å². The number of hydrogen-bond donors (Lipinski definition) is 1. The first-order valence-electron chi connectivity index (χ1n) is 11.0. The van der Waals surface area contributed by atoms with Gasteiger partial charge in [0.15, 0.2) is 0 Å². The fourth-order valence-electron chi connectivity index (χ4n) is 5.25. The molecule has 3 aliphatic rings. The molecule has 1 N–H and O–H groups in total. The van der Waals surface area contributed by atoms with Crippen molar-refractivity contribution >= 4 is 43.3 Å². The molecular formula is C21H26B4N4O2. The van der Waals surface area contributed by atoms with Gasteiger partial charge >= 0.3 is 6.03 Å². The van der Waals surface area contributed by atoms with E-state index in [2.05, 4.69) is 24.1 Å². The monoisotopic (exact) mass is 410 g/mol. The van der Waals surface area contributed by atoms with Crippen LogP contribution in [0.5, 0.6) is 0 Å². The van der Waals surface area contributed by atoms with Gasteiger partial charge in [-0.05, 0) is 64.4 Å². The van der Waals surface area contributed by atoms with Gasteiger partial charge in [-0.2, -0.15) is 0 Å². The summed E-state index contributed by atoms with van der Waals surface area (Å²) in [5.74, 6) is 0.970. The first-order chi connectivity index (χ1) is 14.5. The zero-order valence-corrected chi connectivity index (χ0v) is 18.3. The Bertz CT molecular complexity index is 849.